The Balaban J connectivity index is 1.42. The van der Waals surface area contributed by atoms with Gasteiger partial charge in [-0.05, 0) is 48.9 Å². The van der Waals surface area contributed by atoms with E-state index in [2.05, 4.69) is 21.2 Å². The molecule has 0 spiro atoms. The lowest BCUT2D eigenvalue weighted by Gasteiger charge is -2.34. The van der Waals surface area contributed by atoms with Gasteiger partial charge in [-0.3, -0.25) is 14.6 Å². The van der Waals surface area contributed by atoms with Crippen LogP contribution in [0.4, 0.5) is 5.69 Å². The van der Waals surface area contributed by atoms with Crippen molar-refractivity contribution in [1.29, 1.82) is 0 Å². The molecule has 1 fully saturated rings. The minimum atomic E-state index is -0.360. The lowest BCUT2D eigenvalue weighted by Crippen LogP contribution is -2.48. The number of halogens is 1. The van der Waals surface area contributed by atoms with Gasteiger partial charge in [0.25, 0.3) is 0 Å². The largest absolute Gasteiger partial charge is 0.462 e. The van der Waals surface area contributed by atoms with E-state index in [0.29, 0.717) is 24.4 Å². The average Bonchev–Trinajstić information content (AvgIpc) is 2.70. The number of carbonyl (C=O) groups is 2. The van der Waals surface area contributed by atoms with Crippen molar-refractivity contribution in [2.45, 2.75) is 13.5 Å². The molecule has 0 bridgehead atoms. The molecule has 0 radical (unpaired) electrons. The van der Waals surface area contributed by atoms with Crippen molar-refractivity contribution in [2.75, 3.05) is 44.6 Å². The average molecular weight is 416 g/mol. The predicted molar refractivity (Wildman–Crippen MR) is 114 cm³/mol. The number of piperazine rings is 1. The highest BCUT2D eigenvalue weighted by Gasteiger charge is 2.19. The van der Waals surface area contributed by atoms with E-state index in [4.69, 9.17) is 16.3 Å². The van der Waals surface area contributed by atoms with Gasteiger partial charge in [0.15, 0.2) is 0 Å². The minimum Gasteiger partial charge on any atom is -0.462 e. The zero-order valence-electron chi connectivity index (χ0n) is 16.6. The zero-order chi connectivity index (χ0) is 20.6. The summed E-state index contributed by atoms with van der Waals surface area (Å²) in [6.07, 6.45) is 0. The van der Waals surface area contributed by atoms with Crippen LogP contribution >= 0.6 is 11.6 Å². The lowest BCUT2D eigenvalue weighted by atomic mass is 10.2. The molecule has 1 aliphatic rings. The molecular weight excluding hydrogens is 390 g/mol. The first kappa shape index (κ1) is 21.3. The summed E-state index contributed by atoms with van der Waals surface area (Å²) >= 11 is 6.05. The third-order valence-electron chi connectivity index (χ3n) is 4.81. The molecule has 0 atom stereocenters. The quantitative estimate of drug-likeness (QED) is 0.703. The number of nitrogens with one attached hydrogen (secondary N) is 1. The number of esters is 1. The second-order valence-corrected chi connectivity index (χ2v) is 7.46. The molecule has 2 aromatic carbocycles. The smallest absolute Gasteiger partial charge is 0.338 e. The molecule has 0 unspecified atom stereocenters. The summed E-state index contributed by atoms with van der Waals surface area (Å²) in [5, 5.41) is 3.64. The number of amides is 1. The fourth-order valence-corrected chi connectivity index (χ4v) is 3.52. The Morgan fingerprint density at radius 1 is 1.03 bits per heavy atom. The van der Waals surface area contributed by atoms with Gasteiger partial charge in [-0.25, -0.2) is 4.79 Å². The van der Waals surface area contributed by atoms with Crippen LogP contribution in [0.15, 0.2) is 48.5 Å². The number of hydrogen-bond acceptors (Lipinski definition) is 5. The molecule has 3 rings (SSSR count). The molecule has 1 heterocycles. The van der Waals surface area contributed by atoms with Gasteiger partial charge in [-0.15, -0.1) is 0 Å². The van der Waals surface area contributed by atoms with E-state index in [1.54, 1.807) is 31.2 Å². The first-order valence-corrected chi connectivity index (χ1v) is 10.2. The third kappa shape index (κ3) is 6.56. The van der Waals surface area contributed by atoms with Crippen LogP contribution in [0.1, 0.15) is 22.8 Å². The maximum absolute atomic E-state index is 12.3. The van der Waals surface area contributed by atoms with Gasteiger partial charge in [-0.2, -0.15) is 0 Å². The summed E-state index contributed by atoms with van der Waals surface area (Å²) in [7, 11) is 0. The first-order chi connectivity index (χ1) is 14.0. The second kappa shape index (κ2) is 10.4. The van der Waals surface area contributed by atoms with Crippen LogP contribution in [0, 0.1) is 0 Å². The van der Waals surface area contributed by atoms with Crippen LogP contribution in [0.3, 0.4) is 0 Å². The molecule has 2 aromatic rings. The summed E-state index contributed by atoms with van der Waals surface area (Å²) in [5.41, 5.74) is 2.35. The number of carbonyl (C=O) groups excluding carboxylic acids is 2. The topological polar surface area (TPSA) is 61.9 Å². The van der Waals surface area contributed by atoms with E-state index in [0.717, 1.165) is 37.7 Å². The maximum atomic E-state index is 12.3. The molecule has 1 aliphatic heterocycles. The van der Waals surface area contributed by atoms with Crippen molar-refractivity contribution in [2.24, 2.45) is 0 Å². The van der Waals surface area contributed by atoms with Gasteiger partial charge in [0.2, 0.25) is 5.91 Å². The molecule has 7 heteroatoms. The van der Waals surface area contributed by atoms with Gasteiger partial charge >= 0.3 is 5.97 Å². The summed E-state index contributed by atoms with van der Waals surface area (Å²) in [6.45, 7) is 6.83. The Labute approximate surface area is 176 Å². The number of nitrogens with zero attached hydrogens (tertiary/aromatic N) is 2. The Morgan fingerprint density at radius 3 is 2.38 bits per heavy atom. The number of hydrogen-bond donors (Lipinski definition) is 1. The Bertz CT molecular complexity index is 833. The molecule has 0 aliphatic carbocycles. The molecule has 1 amide bonds. The number of benzene rings is 2. The standard InChI is InChI=1S/C22H26ClN3O3/c1-2-29-22(28)18-6-8-20(9-7-18)24-21(27)16-26-12-10-25(11-13-26)15-17-4-3-5-19(23)14-17/h3-9,14H,2,10-13,15-16H2,1H3,(H,24,27). The SMILES string of the molecule is CCOC(=O)c1ccc(NC(=O)CN2CCN(Cc3cccc(Cl)c3)CC2)cc1. The third-order valence-corrected chi connectivity index (χ3v) is 5.04. The fraction of sp³-hybridized carbons (Fsp3) is 0.364. The van der Waals surface area contributed by atoms with Gasteiger partial charge in [-0.1, -0.05) is 23.7 Å². The van der Waals surface area contributed by atoms with E-state index in [1.807, 2.05) is 18.2 Å². The minimum absolute atomic E-state index is 0.0582. The molecule has 6 nitrogen and oxygen atoms in total. The fourth-order valence-electron chi connectivity index (χ4n) is 3.31. The van der Waals surface area contributed by atoms with Crippen molar-refractivity contribution in [1.82, 2.24) is 9.80 Å². The Kier molecular flexibility index (Phi) is 7.63. The van der Waals surface area contributed by atoms with Crippen LogP contribution in [0.25, 0.3) is 0 Å². The van der Waals surface area contributed by atoms with Crippen LogP contribution in [-0.2, 0) is 16.1 Å². The lowest BCUT2D eigenvalue weighted by molar-refractivity contribution is -0.117. The van der Waals surface area contributed by atoms with Crippen LogP contribution < -0.4 is 5.32 Å². The van der Waals surface area contributed by atoms with Crippen molar-refractivity contribution in [3.05, 3.63) is 64.7 Å². The van der Waals surface area contributed by atoms with E-state index in [-0.39, 0.29) is 11.9 Å². The summed E-state index contributed by atoms with van der Waals surface area (Å²) in [5.74, 6) is -0.418. The van der Waals surface area contributed by atoms with Gasteiger partial charge in [0.1, 0.15) is 0 Å². The Hall–Kier alpha value is -2.41. The Morgan fingerprint density at radius 2 is 1.72 bits per heavy atom. The predicted octanol–water partition coefficient (Wildman–Crippen LogP) is 3.27. The molecule has 0 aromatic heterocycles. The van der Waals surface area contributed by atoms with Crippen LogP contribution in [0.5, 0.6) is 0 Å². The number of anilines is 1. The normalized spacial score (nSPS) is 15.1. The van der Waals surface area contributed by atoms with Crippen LogP contribution in [-0.4, -0.2) is 61.0 Å². The molecular formula is C22H26ClN3O3. The molecule has 154 valence electrons. The van der Waals surface area contributed by atoms with E-state index in [9.17, 15) is 9.59 Å². The highest BCUT2D eigenvalue weighted by molar-refractivity contribution is 6.30. The molecule has 0 saturated carbocycles. The first-order valence-electron chi connectivity index (χ1n) is 9.79. The van der Waals surface area contributed by atoms with Crippen molar-refractivity contribution in [3.8, 4) is 0 Å². The maximum Gasteiger partial charge on any atom is 0.338 e. The zero-order valence-corrected chi connectivity index (χ0v) is 17.3. The van der Waals surface area contributed by atoms with Gasteiger partial charge in [0.05, 0.1) is 18.7 Å². The summed E-state index contributed by atoms with van der Waals surface area (Å²) in [4.78, 5) is 28.5. The van der Waals surface area contributed by atoms with Crippen molar-refractivity contribution in [3.63, 3.8) is 0 Å². The molecule has 1 saturated heterocycles. The highest BCUT2D eigenvalue weighted by atomic mass is 35.5. The second-order valence-electron chi connectivity index (χ2n) is 7.03. The highest BCUT2D eigenvalue weighted by Crippen LogP contribution is 2.14. The van der Waals surface area contributed by atoms with Crippen molar-refractivity contribution >= 4 is 29.2 Å². The van der Waals surface area contributed by atoms with Gasteiger partial charge in [0, 0.05) is 43.4 Å². The monoisotopic (exact) mass is 415 g/mol. The van der Waals surface area contributed by atoms with Gasteiger partial charge < -0.3 is 10.1 Å². The van der Waals surface area contributed by atoms with E-state index in [1.165, 1.54) is 5.56 Å². The molecule has 1 N–H and O–H groups in total. The number of ether oxygens (including phenoxy) is 1. The van der Waals surface area contributed by atoms with E-state index < -0.39 is 0 Å². The van der Waals surface area contributed by atoms with Crippen LogP contribution in [0.2, 0.25) is 5.02 Å². The van der Waals surface area contributed by atoms with E-state index >= 15 is 0 Å². The molecule has 29 heavy (non-hydrogen) atoms. The summed E-state index contributed by atoms with van der Waals surface area (Å²) in [6, 6.07) is 14.7. The summed E-state index contributed by atoms with van der Waals surface area (Å²) < 4.78 is 4.96. The number of rotatable bonds is 7. The van der Waals surface area contributed by atoms with Crippen molar-refractivity contribution < 1.29 is 14.3 Å².